The van der Waals surface area contributed by atoms with Gasteiger partial charge in [0.15, 0.2) is 0 Å². The maximum Gasteiger partial charge on any atom is 0.147 e. The molecule has 0 aliphatic heterocycles. The quantitative estimate of drug-likeness (QED) is 0.522. The highest BCUT2D eigenvalue weighted by Crippen LogP contribution is 2.19. The average molecular weight is 243 g/mol. The molecule has 1 aromatic carbocycles. The number of nitrogen functional groups attached to an aromatic ring is 2. The van der Waals surface area contributed by atoms with E-state index < -0.39 is 9.84 Å². The Hall–Kier alpha value is -1.43. The van der Waals surface area contributed by atoms with E-state index in [4.69, 9.17) is 11.5 Å². The first-order valence-electron chi connectivity index (χ1n) is 4.95. The molecular formula is C10H17N3O2S. The molecule has 16 heavy (non-hydrogen) atoms. The zero-order valence-corrected chi connectivity index (χ0v) is 10.0. The van der Waals surface area contributed by atoms with Crippen LogP contribution in [0.4, 0.5) is 17.1 Å². The molecule has 90 valence electrons. The minimum Gasteiger partial charge on any atom is -0.397 e. The number of nitrogens with one attached hydrogen (secondary N) is 1. The van der Waals surface area contributed by atoms with Gasteiger partial charge in [-0.25, -0.2) is 8.42 Å². The first-order valence-corrected chi connectivity index (χ1v) is 7.01. The SMILES string of the molecule is CS(=O)(=O)CCCNc1ccc(N)c(N)c1. The summed E-state index contributed by atoms with van der Waals surface area (Å²) in [6.45, 7) is 0.594. The average Bonchev–Trinajstić information content (AvgIpc) is 2.17. The number of sulfone groups is 1. The standard InChI is InChI=1S/C10H17N3O2S/c1-16(14,15)6-2-5-13-8-3-4-9(11)10(12)7-8/h3-4,7,13H,2,5-6,11-12H2,1H3. The van der Waals surface area contributed by atoms with E-state index in [1.165, 1.54) is 6.26 Å². The van der Waals surface area contributed by atoms with Crippen LogP contribution in [0, 0.1) is 0 Å². The molecule has 0 unspecified atom stereocenters. The van der Waals surface area contributed by atoms with Crippen molar-refractivity contribution >= 4 is 26.9 Å². The highest BCUT2D eigenvalue weighted by Gasteiger charge is 2.01. The molecule has 0 saturated heterocycles. The number of nitrogens with two attached hydrogens (primary N) is 2. The molecular weight excluding hydrogens is 226 g/mol. The van der Waals surface area contributed by atoms with Gasteiger partial charge < -0.3 is 16.8 Å². The van der Waals surface area contributed by atoms with Gasteiger partial charge in [-0.3, -0.25) is 0 Å². The number of rotatable bonds is 5. The molecule has 0 radical (unpaired) electrons. The van der Waals surface area contributed by atoms with E-state index in [1.54, 1.807) is 12.1 Å². The molecule has 5 N–H and O–H groups in total. The third-order valence-corrected chi connectivity index (χ3v) is 3.14. The van der Waals surface area contributed by atoms with Crippen LogP contribution >= 0.6 is 0 Å². The molecule has 0 saturated carbocycles. The highest BCUT2D eigenvalue weighted by molar-refractivity contribution is 7.90. The van der Waals surface area contributed by atoms with Gasteiger partial charge in [0.1, 0.15) is 9.84 Å². The minimum absolute atomic E-state index is 0.185. The van der Waals surface area contributed by atoms with Gasteiger partial charge in [0.05, 0.1) is 17.1 Å². The summed E-state index contributed by atoms with van der Waals surface area (Å²) in [5.41, 5.74) is 13.1. The van der Waals surface area contributed by atoms with Crippen LogP contribution in [0.25, 0.3) is 0 Å². The monoisotopic (exact) mass is 243 g/mol. The normalized spacial score (nSPS) is 11.3. The van der Waals surface area contributed by atoms with Gasteiger partial charge in [0, 0.05) is 18.5 Å². The Morgan fingerprint density at radius 2 is 1.94 bits per heavy atom. The lowest BCUT2D eigenvalue weighted by molar-refractivity contribution is 0.600. The van der Waals surface area contributed by atoms with Crippen LogP contribution in [0.3, 0.4) is 0 Å². The van der Waals surface area contributed by atoms with E-state index in [-0.39, 0.29) is 5.75 Å². The summed E-state index contributed by atoms with van der Waals surface area (Å²) in [6, 6.07) is 5.26. The third kappa shape index (κ3) is 4.39. The summed E-state index contributed by atoms with van der Waals surface area (Å²) < 4.78 is 21.8. The maximum absolute atomic E-state index is 10.9. The predicted octanol–water partition coefficient (Wildman–Crippen LogP) is 0.698. The van der Waals surface area contributed by atoms with Gasteiger partial charge in [-0.05, 0) is 24.6 Å². The predicted molar refractivity (Wildman–Crippen MR) is 68.1 cm³/mol. The molecule has 1 rings (SSSR count). The van der Waals surface area contributed by atoms with E-state index in [0.717, 1.165) is 5.69 Å². The molecule has 6 heteroatoms. The van der Waals surface area contributed by atoms with Crippen molar-refractivity contribution in [1.29, 1.82) is 0 Å². The van der Waals surface area contributed by atoms with Crippen LogP contribution in [0.1, 0.15) is 6.42 Å². The van der Waals surface area contributed by atoms with E-state index in [0.29, 0.717) is 24.3 Å². The van der Waals surface area contributed by atoms with Crippen molar-refractivity contribution in [2.45, 2.75) is 6.42 Å². The van der Waals surface area contributed by atoms with E-state index >= 15 is 0 Å². The Balaban J connectivity index is 2.41. The van der Waals surface area contributed by atoms with Crippen LogP contribution in [0.2, 0.25) is 0 Å². The Labute approximate surface area is 95.7 Å². The summed E-state index contributed by atoms with van der Waals surface area (Å²) in [5.74, 6) is 0.185. The molecule has 0 amide bonds. The smallest absolute Gasteiger partial charge is 0.147 e. The molecule has 0 atom stereocenters. The van der Waals surface area contributed by atoms with E-state index in [9.17, 15) is 8.42 Å². The molecule has 0 spiro atoms. The van der Waals surface area contributed by atoms with Crippen molar-refractivity contribution in [3.8, 4) is 0 Å². The summed E-state index contributed by atoms with van der Waals surface area (Å²) in [4.78, 5) is 0. The van der Waals surface area contributed by atoms with Crippen molar-refractivity contribution in [3.05, 3.63) is 18.2 Å². The van der Waals surface area contributed by atoms with Crippen molar-refractivity contribution < 1.29 is 8.42 Å². The van der Waals surface area contributed by atoms with Crippen LogP contribution in [-0.4, -0.2) is 27.0 Å². The topological polar surface area (TPSA) is 98.2 Å². The van der Waals surface area contributed by atoms with Gasteiger partial charge in [-0.15, -0.1) is 0 Å². The van der Waals surface area contributed by atoms with E-state index in [1.807, 2.05) is 6.07 Å². The summed E-state index contributed by atoms with van der Waals surface area (Å²) in [5, 5.41) is 3.09. The lowest BCUT2D eigenvalue weighted by atomic mass is 10.2. The molecule has 0 fully saturated rings. The van der Waals surface area contributed by atoms with E-state index in [2.05, 4.69) is 5.32 Å². The largest absolute Gasteiger partial charge is 0.397 e. The van der Waals surface area contributed by atoms with Crippen molar-refractivity contribution in [3.63, 3.8) is 0 Å². The lowest BCUT2D eigenvalue weighted by Gasteiger charge is -2.07. The molecule has 1 aromatic rings. The van der Waals surface area contributed by atoms with Crippen molar-refractivity contribution in [2.75, 3.05) is 35.3 Å². The minimum atomic E-state index is -2.88. The number of hydrogen-bond acceptors (Lipinski definition) is 5. The summed E-state index contributed by atoms with van der Waals surface area (Å²) >= 11 is 0. The van der Waals surface area contributed by atoms with Gasteiger partial charge in [0.25, 0.3) is 0 Å². The zero-order valence-electron chi connectivity index (χ0n) is 9.23. The first-order chi connectivity index (χ1) is 7.38. The van der Waals surface area contributed by atoms with Gasteiger partial charge in [-0.1, -0.05) is 0 Å². The molecule has 0 aliphatic rings. The van der Waals surface area contributed by atoms with Crippen molar-refractivity contribution in [2.24, 2.45) is 0 Å². The Bertz CT molecular complexity index is 457. The van der Waals surface area contributed by atoms with Crippen LogP contribution in [0.5, 0.6) is 0 Å². The molecule has 0 aliphatic carbocycles. The molecule has 0 aromatic heterocycles. The van der Waals surface area contributed by atoms with Crippen LogP contribution in [-0.2, 0) is 9.84 Å². The second kappa shape index (κ2) is 5.07. The Morgan fingerprint density at radius 1 is 1.25 bits per heavy atom. The fourth-order valence-electron chi connectivity index (χ4n) is 1.25. The van der Waals surface area contributed by atoms with Crippen molar-refractivity contribution in [1.82, 2.24) is 0 Å². The Morgan fingerprint density at radius 3 is 2.50 bits per heavy atom. The number of hydrogen-bond donors (Lipinski definition) is 3. The van der Waals surface area contributed by atoms with Crippen LogP contribution in [0.15, 0.2) is 18.2 Å². The highest BCUT2D eigenvalue weighted by atomic mass is 32.2. The second-order valence-electron chi connectivity index (χ2n) is 3.75. The Kier molecular flexibility index (Phi) is 4.00. The lowest BCUT2D eigenvalue weighted by Crippen LogP contribution is -2.10. The fraction of sp³-hybridized carbons (Fsp3) is 0.400. The third-order valence-electron chi connectivity index (χ3n) is 2.11. The zero-order chi connectivity index (χ0) is 12.2. The summed E-state index contributed by atoms with van der Waals surface area (Å²) in [7, 11) is -2.88. The molecule has 0 bridgehead atoms. The number of benzene rings is 1. The van der Waals surface area contributed by atoms with Gasteiger partial charge in [0.2, 0.25) is 0 Å². The van der Waals surface area contributed by atoms with Gasteiger partial charge >= 0.3 is 0 Å². The summed E-state index contributed by atoms with van der Waals surface area (Å²) in [6.07, 6.45) is 1.80. The van der Waals surface area contributed by atoms with Crippen LogP contribution < -0.4 is 16.8 Å². The molecule has 5 nitrogen and oxygen atoms in total. The van der Waals surface area contributed by atoms with Gasteiger partial charge in [-0.2, -0.15) is 0 Å². The second-order valence-corrected chi connectivity index (χ2v) is 6.01. The molecule has 0 heterocycles. The first kappa shape index (κ1) is 12.6. The maximum atomic E-state index is 10.9. The number of anilines is 3. The fourth-order valence-corrected chi connectivity index (χ4v) is 1.92.